The lowest BCUT2D eigenvalue weighted by atomic mass is 10.1. The Kier molecular flexibility index (Phi) is 7.30. The SMILES string of the molecule is COc1ccc(N(CC(=O)NCCc2ccc(Cl)cc2Cl)C(C)=O)cc1. The van der Waals surface area contributed by atoms with Crippen molar-refractivity contribution in [2.75, 3.05) is 25.1 Å². The minimum atomic E-state index is -0.249. The number of amides is 2. The van der Waals surface area contributed by atoms with Crippen molar-refractivity contribution in [2.45, 2.75) is 13.3 Å². The molecule has 26 heavy (non-hydrogen) atoms. The second kappa shape index (κ2) is 9.46. The van der Waals surface area contributed by atoms with Gasteiger partial charge in [0.1, 0.15) is 12.3 Å². The van der Waals surface area contributed by atoms with E-state index in [2.05, 4.69) is 5.32 Å². The van der Waals surface area contributed by atoms with Crippen molar-refractivity contribution >= 4 is 40.7 Å². The van der Waals surface area contributed by atoms with E-state index < -0.39 is 0 Å². The molecule has 0 aliphatic heterocycles. The van der Waals surface area contributed by atoms with E-state index in [0.717, 1.165) is 5.56 Å². The Morgan fingerprint density at radius 2 is 1.81 bits per heavy atom. The number of ether oxygens (including phenoxy) is 1. The van der Waals surface area contributed by atoms with Gasteiger partial charge < -0.3 is 15.0 Å². The molecule has 0 saturated heterocycles. The van der Waals surface area contributed by atoms with Gasteiger partial charge in [-0.25, -0.2) is 0 Å². The van der Waals surface area contributed by atoms with Gasteiger partial charge in [0.15, 0.2) is 0 Å². The molecule has 1 N–H and O–H groups in total. The summed E-state index contributed by atoms with van der Waals surface area (Å²) in [5, 5.41) is 3.94. The summed E-state index contributed by atoms with van der Waals surface area (Å²) in [6, 6.07) is 12.2. The van der Waals surface area contributed by atoms with Gasteiger partial charge in [0.05, 0.1) is 7.11 Å². The van der Waals surface area contributed by atoms with Crippen LogP contribution in [0.3, 0.4) is 0 Å². The summed E-state index contributed by atoms with van der Waals surface area (Å²) in [5.74, 6) is 0.216. The van der Waals surface area contributed by atoms with Crippen molar-refractivity contribution in [2.24, 2.45) is 0 Å². The maximum absolute atomic E-state index is 12.2. The molecule has 138 valence electrons. The molecule has 2 rings (SSSR count). The first-order valence-corrected chi connectivity index (χ1v) is 8.79. The normalized spacial score (nSPS) is 10.3. The number of carbonyl (C=O) groups excluding carboxylic acids is 2. The van der Waals surface area contributed by atoms with Crippen molar-refractivity contribution in [1.29, 1.82) is 0 Å². The zero-order valence-electron chi connectivity index (χ0n) is 14.6. The Bertz CT molecular complexity index is 779. The van der Waals surface area contributed by atoms with E-state index in [1.165, 1.54) is 11.8 Å². The summed E-state index contributed by atoms with van der Waals surface area (Å²) in [6.07, 6.45) is 0.574. The largest absolute Gasteiger partial charge is 0.497 e. The Hall–Kier alpha value is -2.24. The molecule has 0 atom stereocenters. The van der Waals surface area contributed by atoms with Crippen molar-refractivity contribution in [3.63, 3.8) is 0 Å². The Balaban J connectivity index is 1.91. The van der Waals surface area contributed by atoms with Crippen LogP contribution in [0.25, 0.3) is 0 Å². The number of nitrogens with one attached hydrogen (secondary N) is 1. The summed E-state index contributed by atoms with van der Waals surface area (Å²) < 4.78 is 5.10. The minimum absolute atomic E-state index is 0.0595. The zero-order chi connectivity index (χ0) is 19.1. The van der Waals surface area contributed by atoms with Crippen molar-refractivity contribution in [3.05, 3.63) is 58.1 Å². The number of anilines is 1. The summed E-state index contributed by atoms with van der Waals surface area (Å²) in [7, 11) is 1.57. The predicted octanol–water partition coefficient (Wildman–Crippen LogP) is 3.71. The van der Waals surface area contributed by atoms with Crippen LogP contribution in [-0.2, 0) is 16.0 Å². The van der Waals surface area contributed by atoms with Gasteiger partial charge in [0.25, 0.3) is 0 Å². The monoisotopic (exact) mass is 394 g/mol. The van der Waals surface area contributed by atoms with Crippen molar-refractivity contribution in [3.8, 4) is 5.75 Å². The summed E-state index contributed by atoms with van der Waals surface area (Å²) in [6.45, 7) is 1.77. The van der Waals surface area contributed by atoms with Crippen LogP contribution in [0, 0.1) is 0 Å². The van der Waals surface area contributed by atoms with Gasteiger partial charge in [-0.3, -0.25) is 9.59 Å². The third-order valence-corrected chi connectivity index (χ3v) is 4.38. The number of hydrogen-bond acceptors (Lipinski definition) is 3. The molecular weight excluding hydrogens is 375 g/mol. The predicted molar refractivity (Wildman–Crippen MR) is 104 cm³/mol. The lowest BCUT2D eigenvalue weighted by Gasteiger charge is -2.21. The average Bonchev–Trinajstić information content (AvgIpc) is 2.61. The number of halogens is 2. The first kappa shape index (κ1) is 20.1. The quantitative estimate of drug-likeness (QED) is 0.778. The molecule has 0 unspecified atom stereocenters. The van der Waals surface area contributed by atoms with Gasteiger partial charge >= 0.3 is 0 Å². The van der Waals surface area contributed by atoms with E-state index in [9.17, 15) is 9.59 Å². The number of carbonyl (C=O) groups is 2. The topological polar surface area (TPSA) is 58.6 Å². The molecule has 0 aliphatic rings. The summed E-state index contributed by atoms with van der Waals surface area (Å²) in [4.78, 5) is 25.5. The van der Waals surface area contributed by atoms with E-state index in [1.807, 2.05) is 6.07 Å². The molecule has 0 radical (unpaired) electrons. The first-order chi connectivity index (χ1) is 12.4. The number of rotatable bonds is 7. The highest BCUT2D eigenvalue weighted by Crippen LogP contribution is 2.21. The first-order valence-electron chi connectivity index (χ1n) is 8.03. The smallest absolute Gasteiger partial charge is 0.240 e. The highest BCUT2D eigenvalue weighted by Gasteiger charge is 2.15. The molecule has 2 aromatic rings. The van der Waals surface area contributed by atoms with Crippen LogP contribution in [0.2, 0.25) is 10.0 Å². The van der Waals surface area contributed by atoms with Crippen LogP contribution in [0.4, 0.5) is 5.69 Å². The van der Waals surface area contributed by atoms with Gasteiger partial charge in [-0.15, -0.1) is 0 Å². The standard InChI is InChI=1S/C19H20Cl2N2O3/c1-13(24)23(16-5-7-17(26-2)8-6-16)12-19(25)22-10-9-14-3-4-15(20)11-18(14)21/h3-8,11H,9-10,12H2,1-2H3,(H,22,25). The van der Waals surface area contributed by atoms with E-state index in [4.69, 9.17) is 27.9 Å². The fourth-order valence-electron chi connectivity index (χ4n) is 2.41. The maximum atomic E-state index is 12.2. The molecule has 0 aliphatic carbocycles. The van der Waals surface area contributed by atoms with Crippen LogP contribution < -0.4 is 15.0 Å². The second-order valence-electron chi connectivity index (χ2n) is 5.64. The molecular formula is C19H20Cl2N2O3. The molecule has 5 nitrogen and oxygen atoms in total. The average molecular weight is 395 g/mol. The lowest BCUT2D eigenvalue weighted by molar-refractivity contribution is -0.123. The number of methoxy groups -OCH3 is 1. The van der Waals surface area contributed by atoms with Crippen LogP contribution >= 0.6 is 23.2 Å². The molecule has 0 heterocycles. The van der Waals surface area contributed by atoms with Gasteiger partial charge in [0.2, 0.25) is 11.8 Å². The Morgan fingerprint density at radius 3 is 2.38 bits per heavy atom. The Morgan fingerprint density at radius 1 is 1.12 bits per heavy atom. The maximum Gasteiger partial charge on any atom is 0.240 e. The fourth-order valence-corrected chi connectivity index (χ4v) is 2.91. The molecule has 7 heteroatoms. The van der Waals surface area contributed by atoms with Crippen LogP contribution in [0.5, 0.6) is 5.75 Å². The molecule has 2 amide bonds. The van der Waals surface area contributed by atoms with Crippen LogP contribution in [0.15, 0.2) is 42.5 Å². The molecule has 0 aromatic heterocycles. The summed E-state index contributed by atoms with van der Waals surface area (Å²) >= 11 is 12.0. The van der Waals surface area contributed by atoms with Gasteiger partial charge in [-0.05, 0) is 48.4 Å². The van der Waals surface area contributed by atoms with Crippen LogP contribution in [0.1, 0.15) is 12.5 Å². The van der Waals surface area contributed by atoms with Gasteiger partial charge in [0, 0.05) is 29.2 Å². The zero-order valence-corrected chi connectivity index (χ0v) is 16.1. The van der Waals surface area contributed by atoms with E-state index in [1.54, 1.807) is 43.5 Å². The van der Waals surface area contributed by atoms with Crippen molar-refractivity contribution < 1.29 is 14.3 Å². The van der Waals surface area contributed by atoms with E-state index in [0.29, 0.717) is 34.4 Å². The number of hydrogen-bond donors (Lipinski definition) is 1. The van der Waals surface area contributed by atoms with E-state index in [-0.39, 0.29) is 18.4 Å². The highest BCUT2D eigenvalue weighted by molar-refractivity contribution is 6.35. The third kappa shape index (κ3) is 5.64. The van der Waals surface area contributed by atoms with E-state index >= 15 is 0 Å². The molecule has 0 saturated carbocycles. The fraction of sp³-hybridized carbons (Fsp3) is 0.263. The van der Waals surface area contributed by atoms with Gasteiger partial charge in [-0.1, -0.05) is 29.3 Å². The van der Waals surface area contributed by atoms with Gasteiger partial charge in [-0.2, -0.15) is 0 Å². The summed E-state index contributed by atoms with van der Waals surface area (Å²) in [5.41, 5.74) is 1.53. The molecule has 0 spiro atoms. The highest BCUT2D eigenvalue weighted by atomic mass is 35.5. The lowest BCUT2D eigenvalue weighted by Crippen LogP contribution is -2.40. The van der Waals surface area contributed by atoms with Crippen molar-refractivity contribution in [1.82, 2.24) is 5.32 Å². The number of nitrogens with zero attached hydrogens (tertiary/aromatic N) is 1. The number of benzene rings is 2. The Labute approximate surface area is 162 Å². The molecule has 2 aromatic carbocycles. The molecule has 0 bridgehead atoms. The minimum Gasteiger partial charge on any atom is -0.497 e. The third-order valence-electron chi connectivity index (χ3n) is 3.80. The second-order valence-corrected chi connectivity index (χ2v) is 6.48. The van der Waals surface area contributed by atoms with Crippen LogP contribution in [-0.4, -0.2) is 32.0 Å². The molecule has 0 fully saturated rings.